The fourth-order valence-corrected chi connectivity index (χ4v) is 3.29. The summed E-state index contributed by atoms with van der Waals surface area (Å²) < 4.78 is 0. The van der Waals surface area contributed by atoms with Crippen LogP contribution in [0.25, 0.3) is 6.08 Å². The van der Waals surface area contributed by atoms with Gasteiger partial charge < -0.3 is 5.11 Å². The first kappa shape index (κ1) is 17.6. The van der Waals surface area contributed by atoms with Gasteiger partial charge in [-0.25, -0.2) is 9.79 Å². The average molecular weight is 365 g/mol. The molecule has 6 nitrogen and oxygen atoms in total. The number of rotatable bonds is 5. The summed E-state index contributed by atoms with van der Waals surface area (Å²) in [5, 5.41) is 9.49. The molecule has 1 fully saturated rings. The lowest BCUT2D eigenvalue weighted by molar-refractivity contribution is -0.121. The molecule has 1 aliphatic heterocycles. The fourth-order valence-electron chi connectivity index (χ4n) is 2.28. The first-order valence-corrected chi connectivity index (χ1v) is 8.54. The van der Waals surface area contributed by atoms with E-state index in [0.29, 0.717) is 22.3 Å². The maximum Gasteiger partial charge on any atom is 0.335 e. The molecule has 1 aromatic heterocycles. The monoisotopic (exact) mass is 365 g/mol. The summed E-state index contributed by atoms with van der Waals surface area (Å²) in [5.41, 5.74) is 1.58. The Morgan fingerprint density at radius 1 is 1.31 bits per heavy atom. The highest BCUT2D eigenvalue weighted by atomic mass is 32.2. The van der Waals surface area contributed by atoms with Crippen molar-refractivity contribution in [1.29, 1.82) is 0 Å². The molecule has 0 atom stereocenters. The van der Waals surface area contributed by atoms with E-state index in [1.807, 2.05) is 6.07 Å². The summed E-state index contributed by atoms with van der Waals surface area (Å²) in [7, 11) is 0. The number of pyridine rings is 1. The maximum absolute atomic E-state index is 12.7. The number of aromatic nitrogens is 1. The van der Waals surface area contributed by atoms with E-state index in [1.54, 1.807) is 42.7 Å². The molecule has 1 aliphatic rings. The predicted molar refractivity (Wildman–Crippen MR) is 102 cm³/mol. The van der Waals surface area contributed by atoms with Crippen molar-refractivity contribution < 1.29 is 14.7 Å². The smallest absolute Gasteiger partial charge is 0.335 e. The highest BCUT2D eigenvalue weighted by Gasteiger charge is 2.32. The zero-order chi connectivity index (χ0) is 18.5. The maximum atomic E-state index is 12.7. The number of amides is 1. The van der Waals surface area contributed by atoms with Gasteiger partial charge in [0.2, 0.25) is 0 Å². The molecule has 26 heavy (non-hydrogen) atoms. The largest absolute Gasteiger partial charge is 0.478 e. The van der Waals surface area contributed by atoms with Crippen LogP contribution in [0.4, 0.5) is 5.69 Å². The van der Waals surface area contributed by atoms with Crippen LogP contribution in [-0.2, 0) is 4.79 Å². The van der Waals surface area contributed by atoms with Crippen LogP contribution in [0.5, 0.6) is 0 Å². The van der Waals surface area contributed by atoms with E-state index in [4.69, 9.17) is 5.11 Å². The van der Waals surface area contributed by atoms with Crippen LogP contribution in [0.15, 0.2) is 71.3 Å². The minimum Gasteiger partial charge on any atom is -0.478 e. The highest BCUT2D eigenvalue weighted by Crippen LogP contribution is 2.34. The molecule has 130 valence electrons. The molecule has 0 spiro atoms. The summed E-state index contributed by atoms with van der Waals surface area (Å²) in [5.74, 6) is -1.15. The van der Waals surface area contributed by atoms with Crippen LogP contribution >= 0.6 is 11.8 Å². The van der Waals surface area contributed by atoms with Crippen LogP contribution in [-0.4, -0.2) is 38.6 Å². The second-order valence-corrected chi connectivity index (χ2v) is 6.36. The molecule has 0 unspecified atom stereocenters. The third-order valence-electron chi connectivity index (χ3n) is 3.52. The normalized spacial score (nSPS) is 17.1. The molecule has 1 aromatic carbocycles. The number of aromatic carboxylic acids is 1. The summed E-state index contributed by atoms with van der Waals surface area (Å²) >= 11 is 1.26. The first-order valence-electron chi connectivity index (χ1n) is 7.73. The fraction of sp³-hybridized carbons (Fsp3) is 0.0526. The molecule has 3 rings (SSSR count). The van der Waals surface area contributed by atoms with Crippen LogP contribution in [0.1, 0.15) is 15.9 Å². The number of amidine groups is 1. The molecule has 1 N–H and O–H groups in total. The Labute approximate surface area is 154 Å². The Balaban J connectivity index is 1.92. The van der Waals surface area contributed by atoms with Crippen LogP contribution in [0, 0.1) is 0 Å². The summed E-state index contributed by atoms with van der Waals surface area (Å²) in [6.07, 6.45) is 6.75. The van der Waals surface area contributed by atoms with Gasteiger partial charge in [0.05, 0.1) is 16.2 Å². The quantitative estimate of drug-likeness (QED) is 0.647. The predicted octanol–water partition coefficient (Wildman–Crippen LogP) is 3.57. The van der Waals surface area contributed by atoms with Gasteiger partial charge in [0.1, 0.15) is 0 Å². The minimum atomic E-state index is -0.996. The third kappa shape index (κ3) is 3.89. The number of hydrogen-bond acceptors (Lipinski definition) is 5. The zero-order valence-corrected chi connectivity index (χ0v) is 14.5. The van der Waals surface area contributed by atoms with E-state index in [1.165, 1.54) is 28.8 Å². The molecule has 2 heterocycles. The lowest BCUT2D eigenvalue weighted by atomic mass is 10.2. The lowest BCUT2D eigenvalue weighted by Gasteiger charge is -2.12. The van der Waals surface area contributed by atoms with E-state index in [2.05, 4.69) is 16.6 Å². The van der Waals surface area contributed by atoms with Crippen molar-refractivity contribution in [3.8, 4) is 0 Å². The van der Waals surface area contributed by atoms with Gasteiger partial charge in [0, 0.05) is 18.9 Å². The van der Waals surface area contributed by atoms with Gasteiger partial charge in [-0.15, -0.1) is 6.58 Å². The van der Waals surface area contributed by atoms with Gasteiger partial charge in [0.25, 0.3) is 5.91 Å². The molecule has 7 heteroatoms. The number of carbonyl (C=O) groups excluding carboxylic acids is 1. The van der Waals surface area contributed by atoms with Crippen molar-refractivity contribution in [3.05, 3.63) is 77.5 Å². The second-order valence-electron chi connectivity index (χ2n) is 5.35. The summed E-state index contributed by atoms with van der Waals surface area (Å²) in [6.45, 7) is 4.02. The Bertz CT molecular complexity index is 905. The first-order chi connectivity index (χ1) is 12.6. The Morgan fingerprint density at radius 2 is 2.08 bits per heavy atom. The van der Waals surface area contributed by atoms with E-state index in [9.17, 15) is 9.59 Å². The van der Waals surface area contributed by atoms with Crippen LogP contribution in [0.3, 0.4) is 0 Å². The lowest BCUT2D eigenvalue weighted by Crippen LogP contribution is -2.29. The van der Waals surface area contributed by atoms with Gasteiger partial charge in [-0.1, -0.05) is 12.1 Å². The molecular formula is C19H15N3O3S. The van der Waals surface area contributed by atoms with Crippen molar-refractivity contribution in [1.82, 2.24) is 9.88 Å². The van der Waals surface area contributed by atoms with Crippen LogP contribution in [0.2, 0.25) is 0 Å². The number of nitrogens with zero attached hydrogens (tertiary/aromatic N) is 3. The molecule has 1 saturated heterocycles. The van der Waals surface area contributed by atoms with Gasteiger partial charge in [-0.05, 0) is 53.7 Å². The number of aliphatic imine (C=N–C) groups is 1. The van der Waals surface area contributed by atoms with E-state index < -0.39 is 5.97 Å². The highest BCUT2D eigenvalue weighted by molar-refractivity contribution is 8.18. The Hall–Kier alpha value is -3.19. The number of thioether (sulfide) groups is 1. The van der Waals surface area contributed by atoms with Crippen molar-refractivity contribution in [3.63, 3.8) is 0 Å². The SMILES string of the molecule is C=CCN1C(=O)/C(=C/c2cccnc2)SC1=Nc1ccc(C(=O)O)cc1. The van der Waals surface area contributed by atoms with Gasteiger partial charge in [-0.3, -0.25) is 14.7 Å². The number of carboxylic acids is 1. The second kappa shape index (κ2) is 7.79. The number of benzene rings is 1. The Morgan fingerprint density at radius 3 is 2.69 bits per heavy atom. The van der Waals surface area contributed by atoms with Crippen molar-refractivity contribution in [2.75, 3.05) is 6.54 Å². The standard InChI is InChI=1S/C19H15N3O3S/c1-2-10-22-17(23)16(11-13-4-3-9-20-12-13)26-19(22)21-15-7-5-14(6-8-15)18(24)25/h2-9,11-12H,1,10H2,(H,24,25)/b16-11-,21-19?. The number of carboxylic acid groups (broad SMARTS) is 1. The number of hydrogen-bond donors (Lipinski definition) is 1. The molecule has 0 aliphatic carbocycles. The zero-order valence-electron chi connectivity index (χ0n) is 13.7. The van der Waals surface area contributed by atoms with Crippen molar-refractivity contribution >= 4 is 40.6 Å². The van der Waals surface area contributed by atoms with E-state index >= 15 is 0 Å². The van der Waals surface area contributed by atoms with Gasteiger partial charge >= 0.3 is 5.97 Å². The van der Waals surface area contributed by atoms with Gasteiger partial charge in [-0.2, -0.15) is 0 Å². The molecule has 1 amide bonds. The van der Waals surface area contributed by atoms with Crippen molar-refractivity contribution in [2.45, 2.75) is 0 Å². The average Bonchev–Trinajstić information content (AvgIpc) is 2.92. The summed E-state index contributed by atoms with van der Waals surface area (Å²) in [6, 6.07) is 9.84. The molecule has 0 radical (unpaired) electrons. The molecule has 0 bridgehead atoms. The third-order valence-corrected chi connectivity index (χ3v) is 4.53. The summed E-state index contributed by atoms with van der Waals surface area (Å²) in [4.78, 5) is 34.2. The molecular weight excluding hydrogens is 350 g/mol. The number of carbonyl (C=O) groups is 2. The molecule has 2 aromatic rings. The van der Waals surface area contributed by atoms with Crippen LogP contribution < -0.4 is 0 Å². The molecule has 0 saturated carbocycles. The topological polar surface area (TPSA) is 82.9 Å². The van der Waals surface area contributed by atoms with Gasteiger partial charge in [0.15, 0.2) is 5.17 Å². The van der Waals surface area contributed by atoms with E-state index in [0.717, 1.165) is 5.56 Å². The minimum absolute atomic E-state index is 0.153. The van der Waals surface area contributed by atoms with E-state index in [-0.39, 0.29) is 11.5 Å². The Kier molecular flexibility index (Phi) is 5.28. The van der Waals surface area contributed by atoms with Crippen molar-refractivity contribution in [2.24, 2.45) is 4.99 Å².